The van der Waals surface area contributed by atoms with Crippen LogP contribution in [0, 0.1) is 0 Å². The largest absolute Gasteiger partial charge is 0.379 e. The van der Waals surface area contributed by atoms with E-state index < -0.39 is 0 Å². The van der Waals surface area contributed by atoms with Crippen molar-refractivity contribution in [2.24, 2.45) is 0 Å². The minimum atomic E-state index is 0. The Morgan fingerprint density at radius 2 is 1.21 bits per heavy atom. The average molecular weight is 235 g/mol. The minimum absolute atomic E-state index is 0. The fraction of sp³-hybridized carbons (Fsp3) is 0.400. The predicted molar refractivity (Wildman–Crippen MR) is 67.1 cm³/mol. The normalized spacial score (nSPS) is 23.0. The average Bonchev–Trinajstić information content (AvgIpc) is 2.07. The monoisotopic (exact) mass is 234 g/mol. The van der Waals surface area contributed by atoms with Crippen molar-refractivity contribution in [3.05, 3.63) is 24.3 Å². The Morgan fingerprint density at radius 1 is 0.857 bits per heavy atom. The molecule has 4 heteroatoms. The van der Waals surface area contributed by atoms with Crippen molar-refractivity contribution in [2.75, 3.05) is 10.6 Å². The first-order valence-corrected chi connectivity index (χ1v) is 4.39. The van der Waals surface area contributed by atoms with Crippen LogP contribution in [0.5, 0.6) is 0 Å². The molecule has 0 saturated carbocycles. The van der Waals surface area contributed by atoms with E-state index in [4.69, 9.17) is 0 Å². The van der Waals surface area contributed by atoms with Crippen LogP contribution in [0.15, 0.2) is 24.3 Å². The quantitative estimate of drug-likeness (QED) is 0.721. The summed E-state index contributed by atoms with van der Waals surface area (Å²) in [6, 6.07) is 9.31. The Labute approximate surface area is 97.3 Å². The molecule has 0 bridgehead atoms. The highest BCUT2D eigenvalue weighted by Gasteiger charge is 2.18. The lowest BCUT2D eigenvalue weighted by molar-refractivity contribution is 0.663. The first-order valence-electron chi connectivity index (χ1n) is 4.39. The molecule has 2 nitrogen and oxygen atoms in total. The van der Waals surface area contributed by atoms with E-state index in [1.165, 1.54) is 11.4 Å². The first kappa shape index (κ1) is 13.4. The molecule has 1 aromatic rings. The Kier molecular flexibility index (Phi) is 5.09. The second kappa shape index (κ2) is 5.32. The maximum atomic E-state index is 3.45. The zero-order valence-electron chi connectivity index (χ0n) is 8.28. The van der Waals surface area contributed by atoms with Crippen LogP contribution in [0.1, 0.15) is 13.8 Å². The van der Waals surface area contributed by atoms with Crippen molar-refractivity contribution < 1.29 is 0 Å². The topological polar surface area (TPSA) is 24.1 Å². The second-order valence-electron chi connectivity index (χ2n) is 3.41. The van der Waals surface area contributed by atoms with E-state index in [9.17, 15) is 0 Å². The molecular weight excluding hydrogens is 219 g/mol. The molecule has 0 radical (unpaired) electrons. The van der Waals surface area contributed by atoms with Gasteiger partial charge in [-0.2, -0.15) is 0 Å². The van der Waals surface area contributed by atoms with E-state index in [0.717, 1.165) is 0 Å². The van der Waals surface area contributed by atoms with Gasteiger partial charge < -0.3 is 10.6 Å². The summed E-state index contributed by atoms with van der Waals surface area (Å²) >= 11 is 0. The molecule has 1 heterocycles. The molecule has 0 aromatic heterocycles. The summed E-state index contributed by atoms with van der Waals surface area (Å²) < 4.78 is 0. The summed E-state index contributed by atoms with van der Waals surface area (Å²) in [5, 5.41) is 6.89. The highest BCUT2D eigenvalue weighted by Crippen LogP contribution is 2.27. The highest BCUT2D eigenvalue weighted by atomic mass is 35.5. The number of nitrogens with one attached hydrogen (secondary N) is 2. The molecular formula is C10H16Cl2N2. The minimum Gasteiger partial charge on any atom is -0.379 e. The van der Waals surface area contributed by atoms with E-state index in [2.05, 4.69) is 48.7 Å². The molecule has 0 fully saturated rings. The van der Waals surface area contributed by atoms with Crippen molar-refractivity contribution in [3.63, 3.8) is 0 Å². The molecule has 1 aromatic carbocycles. The molecule has 2 atom stereocenters. The molecule has 80 valence electrons. The highest BCUT2D eigenvalue weighted by molar-refractivity contribution is 5.85. The maximum Gasteiger partial charge on any atom is 0.0578 e. The first-order chi connectivity index (χ1) is 5.77. The third-order valence-electron chi connectivity index (χ3n) is 2.44. The van der Waals surface area contributed by atoms with Gasteiger partial charge in [0.05, 0.1) is 11.4 Å². The number of anilines is 2. The summed E-state index contributed by atoms with van der Waals surface area (Å²) in [4.78, 5) is 0. The SMILES string of the molecule is CC1Nc2ccccc2NC1C.Cl.Cl. The van der Waals surface area contributed by atoms with Crippen molar-refractivity contribution in [3.8, 4) is 0 Å². The van der Waals surface area contributed by atoms with Gasteiger partial charge >= 0.3 is 0 Å². The van der Waals surface area contributed by atoms with Gasteiger partial charge in [0.1, 0.15) is 0 Å². The molecule has 2 rings (SSSR count). The molecule has 1 aliphatic heterocycles. The number of hydrogen-bond acceptors (Lipinski definition) is 2. The molecule has 0 amide bonds. The van der Waals surface area contributed by atoms with Gasteiger partial charge in [-0.1, -0.05) is 12.1 Å². The molecule has 2 N–H and O–H groups in total. The third kappa shape index (κ3) is 2.46. The number of rotatable bonds is 0. The standard InChI is InChI=1S/C10H14N2.2ClH/c1-7-8(2)12-10-6-4-3-5-9(10)11-7;;/h3-8,11-12H,1-2H3;2*1H. The summed E-state index contributed by atoms with van der Waals surface area (Å²) in [7, 11) is 0. The van der Waals surface area contributed by atoms with Crippen LogP contribution in [0.2, 0.25) is 0 Å². The van der Waals surface area contributed by atoms with Crippen LogP contribution in [-0.2, 0) is 0 Å². The molecule has 0 saturated heterocycles. The molecule has 0 aliphatic carbocycles. The van der Waals surface area contributed by atoms with Crippen molar-refractivity contribution in [1.29, 1.82) is 0 Å². The van der Waals surface area contributed by atoms with Gasteiger partial charge in [0.2, 0.25) is 0 Å². The van der Waals surface area contributed by atoms with E-state index in [1.54, 1.807) is 0 Å². The van der Waals surface area contributed by atoms with Crippen LogP contribution in [-0.4, -0.2) is 12.1 Å². The van der Waals surface area contributed by atoms with Crippen LogP contribution >= 0.6 is 24.8 Å². The lowest BCUT2D eigenvalue weighted by Crippen LogP contribution is -2.38. The van der Waals surface area contributed by atoms with Crippen molar-refractivity contribution >= 4 is 36.2 Å². The van der Waals surface area contributed by atoms with Crippen LogP contribution in [0.3, 0.4) is 0 Å². The van der Waals surface area contributed by atoms with Crippen LogP contribution in [0.25, 0.3) is 0 Å². The zero-order chi connectivity index (χ0) is 8.55. The van der Waals surface area contributed by atoms with Crippen molar-refractivity contribution in [1.82, 2.24) is 0 Å². The summed E-state index contributed by atoms with van der Waals surface area (Å²) in [5.74, 6) is 0. The molecule has 2 unspecified atom stereocenters. The Bertz CT molecular complexity index is 262. The molecule has 1 aliphatic rings. The van der Waals surface area contributed by atoms with E-state index in [0.29, 0.717) is 12.1 Å². The van der Waals surface area contributed by atoms with Crippen LogP contribution < -0.4 is 10.6 Å². The molecule has 0 spiro atoms. The Hall–Kier alpha value is -0.600. The predicted octanol–water partition coefficient (Wildman–Crippen LogP) is 3.14. The number of para-hydroxylation sites is 2. The number of benzene rings is 1. The van der Waals surface area contributed by atoms with Crippen molar-refractivity contribution in [2.45, 2.75) is 25.9 Å². The number of hydrogen-bond donors (Lipinski definition) is 2. The summed E-state index contributed by atoms with van der Waals surface area (Å²) in [6.07, 6.45) is 0. The lowest BCUT2D eigenvalue weighted by atomic mass is 10.1. The van der Waals surface area contributed by atoms with Gasteiger partial charge in [0.25, 0.3) is 0 Å². The summed E-state index contributed by atoms with van der Waals surface area (Å²) in [5.41, 5.74) is 2.42. The smallest absolute Gasteiger partial charge is 0.0578 e. The fourth-order valence-electron chi connectivity index (χ4n) is 1.48. The third-order valence-corrected chi connectivity index (χ3v) is 2.44. The van der Waals surface area contributed by atoms with Gasteiger partial charge in [-0.05, 0) is 26.0 Å². The van der Waals surface area contributed by atoms with E-state index in [-0.39, 0.29) is 24.8 Å². The lowest BCUT2D eigenvalue weighted by Gasteiger charge is -2.31. The van der Waals surface area contributed by atoms with E-state index in [1.807, 2.05) is 0 Å². The van der Waals surface area contributed by atoms with E-state index >= 15 is 0 Å². The van der Waals surface area contributed by atoms with Gasteiger partial charge in [0.15, 0.2) is 0 Å². The van der Waals surface area contributed by atoms with Gasteiger partial charge in [0, 0.05) is 12.1 Å². The number of halogens is 2. The fourth-order valence-corrected chi connectivity index (χ4v) is 1.48. The maximum absolute atomic E-state index is 3.45. The molecule has 14 heavy (non-hydrogen) atoms. The van der Waals surface area contributed by atoms with Gasteiger partial charge in [-0.3, -0.25) is 0 Å². The van der Waals surface area contributed by atoms with Crippen LogP contribution in [0.4, 0.5) is 11.4 Å². The summed E-state index contributed by atoms with van der Waals surface area (Å²) in [6.45, 7) is 4.38. The Balaban J connectivity index is 0.000000845. The Morgan fingerprint density at radius 3 is 1.57 bits per heavy atom. The zero-order valence-corrected chi connectivity index (χ0v) is 9.91. The second-order valence-corrected chi connectivity index (χ2v) is 3.41. The van der Waals surface area contributed by atoms with Gasteiger partial charge in [-0.25, -0.2) is 0 Å². The number of fused-ring (bicyclic) bond motifs is 1. The van der Waals surface area contributed by atoms with Gasteiger partial charge in [-0.15, -0.1) is 24.8 Å².